The third-order valence-electron chi connectivity index (χ3n) is 2.24. The zero-order chi connectivity index (χ0) is 8.10. The molecule has 0 atom stereocenters. The molecule has 0 saturated heterocycles. The van der Waals surface area contributed by atoms with E-state index in [9.17, 15) is 0 Å². The van der Waals surface area contributed by atoms with E-state index in [4.69, 9.17) is 0 Å². The van der Waals surface area contributed by atoms with E-state index in [2.05, 4.69) is 25.3 Å². The molecule has 0 spiro atoms. The smallest absolute Gasteiger partial charge is 0.0131 e. The Labute approximate surface area is 70.9 Å². The molecule has 1 heteroatoms. The summed E-state index contributed by atoms with van der Waals surface area (Å²) >= 11 is 0. The molecule has 1 heterocycles. The maximum Gasteiger partial charge on any atom is 0.0131 e. The number of hydrogen-bond acceptors (Lipinski definition) is 0. The van der Waals surface area contributed by atoms with E-state index in [0.717, 1.165) is 0 Å². The second-order valence-corrected chi connectivity index (χ2v) is 5.87. The van der Waals surface area contributed by atoms with Crippen molar-refractivity contribution in [3.63, 3.8) is 0 Å². The van der Waals surface area contributed by atoms with Gasteiger partial charge in [0.2, 0.25) is 0 Å². The molecule has 0 bridgehead atoms. The number of hydrogen-bond donors (Lipinski definition) is 0. The Kier molecular flexibility index (Phi) is 3.50. The van der Waals surface area contributed by atoms with E-state index in [1.807, 2.05) is 0 Å². The molecule has 0 radical (unpaired) electrons. The first kappa shape index (κ1) is 8.66. The van der Waals surface area contributed by atoms with Crippen LogP contribution in [0.2, 0.25) is 12.1 Å². The van der Waals surface area contributed by atoms with Gasteiger partial charge in [0, 0.05) is 8.41 Å². The molecule has 0 aliphatic carbocycles. The Morgan fingerprint density at radius 3 is 2.82 bits per heavy atom. The van der Waals surface area contributed by atoms with Crippen molar-refractivity contribution in [2.24, 2.45) is 0 Å². The standard InChI is InChI=1S/C10H16Si/c1-3-6-10-7-5-9-11(10)8-4-2/h3-4H,1-2,5-9H2. The molecule has 0 amide bonds. The highest BCUT2D eigenvalue weighted by molar-refractivity contribution is 6.72. The van der Waals surface area contributed by atoms with Gasteiger partial charge in [-0.25, -0.2) is 0 Å². The predicted octanol–water partition coefficient (Wildman–Crippen LogP) is 2.79. The minimum Gasteiger partial charge on any atom is -0.103 e. The van der Waals surface area contributed by atoms with Crippen molar-refractivity contribution < 1.29 is 0 Å². The first-order valence-corrected chi connectivity index (χ1v) is 6.21. The first-order valence-electron chi connectivity index (χ1n) is 4.30. The van der Waals surface area contributed by atoms with Gasteiger partial charge < -0.3 is 0 Å². The third kappa shape index (κ3) is 2.26. The van der Waals surface area contributed by atoms with Crippen molar-refractivity contribution in [3.8, 4) is 0 Å². The van der Waals surface area contributed by atoms with Crippen LogP contribution < -0.4 is 0 Å². The SMILES string of the molecule is C=CCC1=[Si](CC=C)CCC1. The molecule has 0 unspecified atom stereocenters. The van der Waals surface area contributed by atoms with Crippen LogP contribution in [0.15, 0.2) is 25.3 Å². The second kappa shape index (κ2) is 4.45. The van der Waals surface area contributed by atoms with Gasteiger partial charge in [-0.15, -0.1) is 13.2 Å². The number of allylic oxidation sites excluding steroid dienone is 2. The van der Waals surface area contributed by atoms with Crippen molar-refractivity contribution in [1.82, 2.24) is 0 Å². The minimum atomic E-state index is -0.137. The molecule has 0 aromatic rings. The Hall–Kier alpha value is -0.433. The van der Waals surface area contributed by atoms with Crippen LogP contribution in [0.1, 0.15) is 19.3 Å². The fraction of sp³-hybridized carbons (Fsp3) is 0.500. The molecule has 0 nitrogen and oxygen atoms in total. The van der Waals surface area contributed by atoms with Gasteiger partial charge in [-0.3, -0.25) is 0 Å². The van der Waals surface area contributed by atoms with E-state index < -0.39 is 0 Å². The van der Waals surface area contributed by atoms with Crippen LogP contribution in [0.5, 0.6) is 0 Å². The van der Waals surface area contributed by atoms with Gasteiger partial charge in [0.1, 0.15) is 0 Å². The molecule has 60 valence electrons. The summed E-state index contributed by atoms with van der Waals surface area (Å²) < 4.78 is 0. The molecule has 1 aliphatic rings. The fourth-order valence-corrected chi connectivity index (χ4v) is 4.47. The van der Waals surface area contributed by atoms with E-state index in [1.54, 1.807) is 5.17 Å². The molecular formula is C10H16Si. The van der Waals surface area contributed by atoms with Crippen LogP contribution in [0.4, 0.5) is 0 Å². The highest BCUT2D eigenvalue weighted by Crippen LogP contribution is 2.15. The van der Waals surface area contributed by atoms with Gasteiger partial charge in [0.15, 0.2) is 0 Å². The van der Waals surface area contributed by atoms with E-state index in [-0.39, 0.29) is 8.41 Å². The highest BCUT2D eigenvalue weighted by atomic mass is 28.2. The second-order valence-electron chi connectivity index (χ2n) is 3.05. The van der Waals surface area contributed by atoms with Crippen molar-refractivity contribution in [2.45, 2.75) is 31.4 Å². The van der Waals surface area contributed by atoms with E-state index in [0.29, 0.717) is 0 Å². The summed E-state index contributed by atoms with van der Waals surface area (Å²) in [5.41, 5.74) is 0. The van der Waals surface area contributed by atoms with Crippen LogP contribution in [-0.2, 0) is 0 Å². The lowest BCUT2D eigenvalue weighted by molar-refractivity contribution is 1.01. The van der Waals surface area contributed by atoms with Gasteiger partial charge in [0.25, 0.3) is 0 Å². The van der Waals surface area contributed by atoms with Gasteiger partial charge >= 0.3 is 0 Å². The molecule has 1 aliphatic heterocycles. The lowest BCUT2D eigenvalue weighted by Crippen LogP contribution is -2.06. The lowest BCUT2D eigenvalue weighted by atomic mass is 10.2. The summed E-state index contributed by atoms with van der Waals surface area (Å²) in [5.74, 6) is 0. The summed E-state index contributed by atoms with van der Waals surface area (Å²) in [4.78, 5) is 0. The minimum absolute atomic E-state index is 0.137. The normalized spacial score (nSPS) is 17.1. The molecule has 0 saturated carbocycles. The molecular weight excluding hydrogens is 148 g/mol. The van der Waals surface area contributed by atoms with Gasteiger partial charge in [-0.1, -0.05) is 17.3 Å². The average molecular weight is 164 g/mol. The van der Waals surface area contributed by atoms with Crippen LogP contribution in [0.25, 0.3) is 0 Å². The highest BCUT2D eigenvalue weighted by Gasteiger charge is 2.11. The summed E-state index contributed by atoms with van der Waals surface area (Å²) in [6, 6.07) is 2.74. The predicted molar refractivity (Wildman–Crippen MR) is 54.6 cm³/mol. The average Bonchev–Trinajstić information content (AvgIpc) is 2.39. The Morgan fingerprint density at radius 1 is 1.36 bits per heavy atom. The van der Waals surface area contributed by atoms with Crippen LogP contribution in [0, 0.1) is 0 Å². The quantitative estimate of drug-likeness (QED) is 0.443. The van der Waals surface area contributed by atoms with Crippen LogP contribution >= 0.6 is 0 Å². The van der Waals surface area contributed by atoms with E-state index in [1.165, 1.54) is 31.4 Å². The van der Waals surface area contributed by atoms with Crippen molar-refractivity contribution in [1.29, 1.82) is 0 Å². The number of rotatable bonds is 4. The first-order chi connectivity index (χ1) is 5.38. The van der Waals surface area contributed by atoms with Crippen molar-refractivity contribution in [3.05, 3.63) is 25.3 Å². The molecule has 0 fully saturated rings. The van der Waals surface area contributed by atoms with Gasteiger partial charge in [-0.05, 0) is 31.4 Å². The topological polar surface area (TPSA) is 0 Å². The largest absolute Gasteiger partial charge is 0.103 e. The molecule has 0 N–H and O–H groups in total. The lowest BCUT2D eigenvalue weighted by Gasteiger charge is -1.99. The maximum atomic E-state index is 3.81. The molecule has 11 heavy (non-hydrogen) atoms. The third-order valence-corrected chi connectivity index (χ3v) is 5.43. The Balaban J connectivity index is 2.60. The Bertz CT molecular complexity index is 169. The van der Waals surface area contributed by atoms with Gasteiger partial charge in [-0.2, -0.15) is 0 Å². The van der Waals surface area contributed by atoms with Gasteiger partial charge in [0.05, 0.1) is 0 Å². The van der Waals surface area contributed by atoms with E-state index >= 15 is 0 Å². The summed E-state index contributed by atoms with van der Waals surface area (Å²) in [5, 5.41) is 1.80. The maximum absolute atomic E-state index is 3.81. The molecule has 0 aromatic heterocycles. The Morgan fingerprint density at radius 2 is 2.18 bits per heavy atom. The molecule has 0 aromatic carbocycles. The summed E-state index contributed by atoms with van der Waals surface area (Å²) in [7, 11) is -0.137. The van der Waals surface area contributed by atoms with Crippen molar-refractivity contribution in [2.75, 3.05) is 0 Å². The van der Waals surface area contributed by atoms with Crippen LogP contribution in [0.3, 0.4) is 0 Å². The fourth-order valence-electron chi connectivity index (χ4n) is 1.71. The molecule has 1 rings (SSSR count). The zero-order valence-electron chi connectivity index (χ0n) is 7.10. The zero-order valence-corrected chi connectivity index (χ0v) is 8.10. The summed E-state index contributed by atoms with van der Waals surface area (Å²) in [6.07, 6.45) is 8.10. The monoisotopic (exact) mass is 164 g/mol. The summed E-state index contributed by atoms with van der Waals surface area (Å²) in [6.45, 7) is 7.59. The van der Waals surface area contributed by atoms with Crippen molar-refractivity contribution >= 4 is 13.6 Å². The van der Waals surface area contributed by atoms with Crippen LogP contribution in [-0.4, -0.2) is 13.6 Å².